The zero-order chi connectivity index (χ0) is 17.2. The van der Waals surface area contributed by atoms with Crippen molar-refractivity contribution in [2.45, 2.75) is 44.9 Å². The molecule has 0 aromatic heterocycles. The summed E-state index contributed by atoms with van der Waals surface area (Å²) in [4.78, 5) is 24.8. The van der Waals surface area contributed by atoms with Gasteiger partial charge in [0, 0.05) is 6.42 Å². The van der Waals surface area contributed by atoms with Crippen LogP contribution in [-0.4, -0.2) is 46.4 Å². The average Bonchev–Trinajstić information content (AvgIpc) is 2.84. The number of carboxylic acid groups (broad SMARTS) is 1. The number of ether oxygens (including phenoxy) is 2. The fourth-order valence-corrected chi connectivity index (χ4v) is 2.54. The van der Waals surface area contributed by atoms with Crippen molar-refractivity contribution in [2.75, 3.05) is 6.54 Å². The molecule has 1 aromatic rings. The van der Waals surface area contributed by atoms with Gasteiger partial charge in [-0.25, -0.2) is 9.59 Å². The fraction of sp³-hybridized carbons (Fsp3) is 0.500. The lowest BCUT2D eigenvalue weighted by atomic mass is 10.2. The Hall–Kier alpha value is -1.95. The van der Waals surface area contributed by atoms with Crippen LogP contribution in [-0.2, 0) is 9.53 Å². The summed E-state index contributed by atoms with van der Waals surface area (Å²) in [5, 5.41) is 9.78. The van der Waals surface area contributed by atoms with Gasteiger partial charge < -0.3 is 14.6 Å². The van der Waals surface area contributed by atoms with E-state index in [0.717, 1.165) is 0 Å². The first-order valence-corrected chi connectivity index (χ1v) is 7.69. The lowest BCUT2D eigenvalue weighted by Gasteiger charge is -2.26. The summed E-state index contributed by atoms with van der Waals surface area (Å²) in [5.74, 6) is -0.615. The van der Waals surface area contributed by atoms with Gasteiger partial charge in [0.15, 0.2) is 0 Å². The second-order valence-electron chi connectivity index (χ2n) is 6.39. The van der Waals surface area contributed by atoms with Crippen LogP contribution in [0.3, 0.4) is 0 Å². The lowest BCUT2D eigenvalue weighted by Crippen LogP contribution is -2.43. The number of hydrogen-bond donors (Lipinski definition) is 1. The van der Waals surface area contributed by atoms with Gasteiger partial charge in [-0.3, -0.25) is 4.90 Å². The number of carboxylic acids is 1. The van der Waals surface area contributed by atoms with Crippen molar-refractivity contribution in [2.24, 2.45) is 0 Å². The number of nitrogens with zero attached hydrogens (tertiary/aromatic N) is 1. The Morgan fingerprint density at radius 2 is 1.96 bits per heavy atom. The van der Waals surface area contributed by atoms with Crippen LogP contribution < -0.4 is 4.74 Å². The molecule has 0 radical (unpaired) electrons. The fourth-order valence-electron chi connectivity index (χ4n) is 2.36. The standard InChI is InChI=1S/C16H20ClNO5/c1-16(2,3)23-15(21)18-9-10(8-12(18)14(19)20)22-13-7-5-4-6-11(13)17/h4-7,10,12H,8-9H2,1-3H3,(H,19,20). The van der Waals surface area contributed by atoms with Crippen LogP contribution >= 0.6 is 11.6 Å². The summed E-state index contributed by atoms with van der Waals surface area (Å²) in [5.41, 5.74) is -0.693. The molecule has 1 saturated heterocycles. The number of likely N-dealkylation sites (tertiary alicyclic amines) is 1. The molecule has 23 heavy (non-hydrogen) atoms. The molecule has 6 nitrogen and oxygen atoms in total. The third kappa shape index (κ3) is 4.51. The first kappa shape index (κ1) is 17.4. The van der Waals surface area contributed by atoms with Crippen molar-refractivity contribution in [3.05, 3.63) is 29.3 Å². The molecule has 0 bridgehead atoms. The molecule has 1 heterocycles. The first-order chi connectivity index (χ1) is 10.7. The van der Waals surface area contributed by atoms with Gasteiger partial charge in [0.1, 0.15) is 23.5 Å². The summed E-state index contributed by atoms with van der Waals surface area (Å²) in [7, 11) is 0. The molecular formula is C16H20ClNO5. The molecule has 1 aliphatic heterocycles. The zero-order valence-corrected chi connectivity index (χ0v) is 14.0. The highest BCUT2D eigenvalue weighted by Crippen LogP contribution is 2.29. The number of hydrogen-bond acceptors (Lipinski definition) is 4. The van der Waals surface area contributed by atoms with Crippen molar-refractivity contribution in [1.29, 1.82) is 0 Å². The average molecular weight is 342 g/mol. The Bertz CT molecular complexity index is 598. The van der Waals surface area contributed by atoms with E-state index in [0.29, 0.717) is 10.8 Å². The Labute approximate surface area is 139 Å². The van der Waals surface area contributed by atoms with Gasteiger partial charge in [0.2, 0.25) is 0 Å². The molecule has 2 unspecified atom stereocenters. The molecular weight excluding hydrogens is 322 g/mol. The highest BCUT2D eigenvalue weighted by atomic mass is 35.5. The third-order valence-electron chi connectivity index (χ3n) is 3.31. The summed E-state index contributed by atoms with van der Waals surface area (Å²) in [6, 6.07) is 5.96. The molecule has 7 heteroatoms. The van der Waals surface area contributed by atoms with Gasteiger partial charge in [-0.2, -0.15) is 0 Å². The van der Waals surface area contributed by atoms with Gasteiger partial charge in [0.25, 0.3) is 0 Å². The number of carbonyl (C=O) groups is 2. The number of benzene rings is 1. The summed E-state index contributed by atoms with van der Waals surface area (Å²) in [6.07, 6.45) is -0.932. The molecule has 0 aliphatic carbocycles. The monoisotopic (exact) mass is 341 g/mol. The summed E-state index contributed by atoms with van der Waals surface area (Å²) < 4.78 is 11.0. The maximum atomic E-state index is 12.2. The predicted molar refractivity (Wildman–Crippen MR) is 84.8 cm³/mol. The second kappa shape index (κ2) is 6.66. The minimum atomic E-state index is -1.08. The van der Waals surface area contributed by atoms with E-state index >= 15 is 0 Å². The van der Waals surface area contributed by atoms with Crippen molar-refractivity contribution in [1.82, 2.24) is 4.90 Å². The number of carbonyl (C=O) groups excluding carboxylic acids is 1. The van der Waals surface area contributed by atoms with Crippen LogP contribution in [0.4, 0.5) is 4.79 Å². The van der Waals surface area contributed by atoms with Crippen molar-refractivity contribution in [3.8, 4) is 5.75 Å². The van der Waals surface area contributed by atoms with Crippen molar-refractivity contribution >= 4 is 23.7 Å². The second-order valence-corrected chi connectivity index (χ2v) is 6.80. The summed E-state index contributed by atoms with van der Waals surface area (Å²) in [6.45, 7) is 5.33. The highest BCUT2D eigenvalue weighted by Gasteiger charge is 2.42. The normalized spacial score (nSPS) is 21.1. The van der Waals surface area contributed by atoms with E-state index in [1.807, 2.05) is 0 Å². The molecule has 0 saturated carbocycles. The highest BCUT2D eigenvalue weighted by molar-refractivity contribution is 6.32. The van der Waals surface area contributed by atoms with Crippen LogP contribution in [0.15, 0.2) is 24.3 Å². The first-order valence-electron chi connectivity index (χ1n) is 7.31. The van der Waals surface area contributed by atoms with Crippen LogP contribution in [0.2, 0.25) is 5.02 Å². The maximum Gasteiger partial charge on any atom is 0.411 e. The molecule has 1 aromatic carbocycles. The van der Waals surface area contributed by atoms with E-state index < -0.39 is 29.8 Å². The number of aliphatic carboxylic acids is 1. The molecule has 2 atom stereocenters. The molecule has 2 rings (SSSR count). The minimum absolute atomic E-state index is 0.136. The van der Waals surface area contributed by atoms with Crippen molar-refractivity contribution in [3.63, 3.8) is 0 Å². The van der Waals surface area contributed by atoms with Crippen LogP contribution in [0.5, 0.6) is 5.75 Å². The number of rotatable bonds is 3. The number of para-hydroxylation sites is 1. The third-order valence-corrected chi connectivity index (χ3v) is 3.62. The Kier molecular flexibility index (Phi) is 5.04. The topological polar surface area (TPSA) is 76.1 Å². The Balaban J connectivity index is 2.10. The predicted octanol–water partition coefficient (Wildman–Crippen LogP) is 3.18. The van der Waals surface area contributed by atoms with E-state index in [4.69, 9.17) is 21.1 Å². The van der Waals surface area contributed by atoms with Crippen molar-refractivity contribution < 1.29 is 24.2 Å². The largest absolute Gasteiger partial charge is 0.487 e. The Morgan fingerprint density at radius 1 is 1.30 bits per heavy atom. The quantitative estimate of drug-likeness (QED) is 0.913. The number of halogens is 1. The van der Waals surface area contributed by atoms with Gasteiger partial charge in [-0.15, -0.1) is 0 Å². The van der Waals surface area contributed by atoms with E-state index in [-0.39, 0.29) is 13.0 Å². The smallest absolute Gasteiger partial charge is 0.411 e. The SMILES string of the molecule is CC(C)(C)OC(=O)N1CC(Oc2ccccc2Cl)CC1C(=O)O. The molecule has 1 N–H and O–H groups in total. The van der Waals surface area contributed by atoms with Crippen LogP contribution in [0.25, 0.3) is 0 Å². The van der Waals surface area contributed by atoms with Crippen LogP contribution in [0.1, 0.15) is 27.2 Å². The molecule has 126 valence electrons. The Morgan fingerprint density at radius 3 is 2.52 bits per heavy atom. The molecule has 1 aliphatic rings. The molecule has 0 spiro atoms. The number of amides is 1. The van der Waals surface area contributed by atoms with Gasteiger partial charge in [-0.05, 0) is 32.9 Å². The zero-order valence-electron chi connectivity index (χ0n) is 13.3. The van der Waals surface area contributed by atoms with E-state index in [2.05, 4.69) is 0 Å². The van der Waals surface area contributed by atoms with E-state index in [1.165, 1.54) is 4.90 Å². The summed E-state index contributed by atoms with van der Waals surface area (Å²) >= 11 is 6.04. The van der Waals surface area contributed by atoms with E-state index in [9.17, 15) is 14.7 Å². The van der Waals surface area contributed by atoms with Gasteiger partial charge in [-0.1, -0.05) is 23.7 Å². The minimum Gasteiger partial charge on any atom is -0.487 e. The van der Waals surface area contributed by atoms with Gasteiger partial charge in [0.05, 0.1) is 11.6 Å². The maximum absolute atomic E-state index is 12.2. The van der Waals surface area contributed by atoms with Gasteiger partial charge >= 0.3 is 12.1 Å². The van der Waals surface area contributed by atoms with Crippen LogP contribution in [0, 0.1) is 0 Å². The van der Waals surface area contributed by atoms with E-state index in [1.54, 1.807) is 45.0 Å². The molecule has 1 fully saturated rings. The molecule has 1 amide bonds. The lowest BCUT2D eigenvalue weighted by molar-refractivity contribution is -0.142.